The molecule has 6 heterocycles. The minimum Gasteiger partial charge on any atom is -0.422 e. The van der Waals surface area contributed by atoms with E-state index in [1.165, 1.54) is 33.6 Å². The highest BCUT2D eigenvalue weighted by molar-refractivity contribution is 5.94. The van der Waals surface area contributed by atoms with Gasteiger partial charge in [0.1, 0.15) is 11.2 Å². The van der Waals surface area contributed by atoms with E-state index in [0.29, 0.717) is 11.1 Å². The zero-order valence-corrected chi connectivity index (χ0v) is 34.1. The van der Waals surface area contributed by atoms with E-state index in [9.17, 15) is 9.59 Å². The van der Waals surface area contributed by atoms with Gasteiger partial charge in [-0.15, -0.1) is 0 Å². The van der Waals surface area contributed by atoms with Crippen LogP contribution < -0.4 is 21.1 Å². The smallest absolute Gasteiger partial charge is 0.344 e. The van der Waals surface area contributed by atoms with Gasteiger partial charge in [-0.05, 0) is 105 Å². The summed E-state index contributed by atoms with van der Waals surface area (Å²) in [6.45, 7) is 22.6. The second-order valence-corrected chi connectivity index (χ2v) is 19.7. The van der Waals surface area contributed by atoms with E-state index in [1.54, 1.807) is 0 Å². The van der Waals surface area contributed by atoms with Crippen LogP contribution in [0.1, 0.15) is 103 Å². The lowest BCUT2D eigenvalue weighted by Gasteiger charge is -2.48. The Balaban J connectivity index is 0.991. The quantitative estimate of drug-likeness (QED) is 0.168. The predicted molar refractivity (Wildman–Crippen MR) is 230 cm³/mol. The number of anilines is 2. The number of fused-ring (bicyclic) bond motifs is 4. The molecule has 4 aliphatic rings. The van der Waals surface area contributed by atoms with Crippen molar-refractivity contribution in [1.29, 1.82) is 0 Å². The summed E-state index contributed by atoms with van der Waals surface area (Å²) < 4.78 is 12.6. The van der Waals surface area contributed by atoms with Crippen LogP contribution in [-0.2, 0) is 21.7 Å². The molecule has 0 atom stereocenters. The number of rotatable bonds is 3. The molecular weight excluding hydrogens is 693 g/mol. The Bertz CT molecular complexity index is 2550. The fourth-order valence-electron chi connectivity index (χ4n) is 10.4. The topological polar surface area (TPSA) is 66.9 Å². The van der Waals surface area contributed by atoms with E-state index in [1.807, 2.05) is 36.4 Å². The number of benzene rings is 4. The molecular formula is C50H52N2O4. The highest BCUT2D eigenvalue weighted by Gasteiger charge is 2.43. The lowest BCUT2D eigenvalue weighted by atomic mass is 9.69. The summed E-state index contributed by atoms with van der Waals surface area (Å²) in [7, 11) is 0. The van der Waals surface area contributed by atoms with Crippen molar-refractivity contribution in [2.75, 3.05) is 36.0 Å². The van der Waals surface area contributed by atoms with E-state index in [4.69, 9.17) is 8.83 Å². The Morgan fingerprint density at radius 3 is 1.12 bits per heavy atom. The van der Waals surface area contributed by atoms with E-state index >= 15 is 0 Å². The van der Waals surface area contributed by atoms with Crippen molar-refractivity contribution in [3.8, 4) is 33.4 Å². The van der Waals surface area contributed by atoms with Crippen LogP contribution in [0.25, 0.3) is 55.3 Å². The SMILES string of the molecule is CC1(C)CCN2CCC(C)(C)c3c2c1cc1cc(-c2ccc(-c4ccc(-c5cc6cc7c8c(c6oc5=O)C(C)(C)CCN8CCC7(C)C)cc4)cc2)c(=O)oc31. The zero-order chi connectivity index (χ0) is 39.1. The summed E-state index contributed by atoms with van der Waals surface area (Å²) in [5.41, 5.74) is 13.2. The molecule has 0 radical (unpaired) electrons. The normalized spacial score (nSPS) is 19.9. The van der Waals surface area contributed by atoms with Crippen molar-refractivity contribution in [3.05, 3.63) is 116 Å². The second kappa shape index (κ2) is 11.7. The number of hydrogen-bond acceptors (Lipinski definition) is 6. The first-order valence-corrected chi connectivity index (χ1v) is 20.6. The lowest BCUT2D eigenvalue weighted by Crippen LogP contribution is -2.44. The van der Waals surface area contributed by atoms with Crippen LogP contribution in [0.4, 0.5) is 11.4 Å². The summed E-state index contributed by atoms with van der Waals surface area (Å²) in [5, 5.41) is 1.98. The maximum atomic E-state index is 13.7. The van der Waals surface area contributed by atoms with Crippen LogP contribution in [0.2, 0.25) is 0 Å². The van der Waals surface area contributed by atoms with Crippen LogP contribution in [0.3, 0.4) is 0 Å². The van der Waals surface area contributed by atoms with Crippen molar-refractivity contribution in [2.45, 2.75) is 103 Å². The largest absolute Gasteiger partial charge is 0.422 e. The Morgan fingerprint density at radius 2 is 0.768 bits per heavy atom. The maximum absolute atomic E-state index is 13.7. The second-order valence-electron chi connectivity index (χ2n) is 19.7. The average molecular weight is 745 g/mol. The summed E-state index contributed by atoms with van der Waals surface area (Å²) in [6, 6.07) is 24.9. The minimum atomic E-state index is -0.308. The highest BCUT2D eigenvalue weighted by atomic mass is 16.4. The van der Waals surface area contributed by atoms with Gasteiger partial charge in [0.2, 0.25) is 0 Å². The van der Waals surface area contributed by atoms with E-state index in [0.717, 1.165) is 96.1 Å². The van der Waals surface area contributed by atoms with E-state index in [-0.39, 0.29) is 32.9 Å². The van der Waals surface area contributed by atoms with Gasteiger partial charge in [-0.2, -0.15) is 0 Å². The van der Waals surface area contributed by atoms with Crippen molar-refractivity contribution in [2.24, 2.45) is 0 Å². The number of nitrogens with zero attached hydrogens (tertiary/aromatic N) is 2. The molecule has 0 fully saturated rings. The van der Waals surface area contributed by atoms with Crippen LogP contribution in [-0.4, -0.2) is 26.2 Å². The molecule has 4 aromatic carbocycles. The summed E-state index contributed by atoms with van der Waals surface area (Å²) in [6.07, 6.45) is 4.26. The molecule has 6 aromatic rings. The Labute approximate surface area is 329 Å². The van der Waals surface area contributed by atoms with Gasteiger partial charge in [0.05, 0.1) is 11.1 Å². The first-order valence-electron chi connectivity index (χ1n) is 20.6. The van der Waals surface area contributed by atoms with Gasteiger partial charge in [0, 0.05) is 59.5 Å². The van der Waals surface area contributed by atoms with Crippen LogP contribution in [0.15, 0.2) is 91.2 Å². The molecule has 6 nitrogen and oxygen atoms in total. The Morgan fingerprint density at radius 1 is 0.446 bits per heavy atom. The van der Waals surface area contributed by atoms with Crippen molar-refractivity contribution in [3.63, 3.8) is 0 Å². The fraction of sp³-hybridized carbons (Fsp3) is 0.400. The van der Waals surface area contributed by atoms with Crippen LogP contribution in [0, 0.1) is 0 Å². The average Bonchev–Trinajstić information content (AvgIpc) is 3.15. The first-order chi connectivity index (χ1) is 26.5. The molecule has 0 spiro atoms. The summed E-state index contributed by atoms with van der Waals surface area (Å²) in [4.78, 5) is 32.4. The summed E-state index contributed by atoms with van der Waals surface area (Å²) >= 11 is 0. The third-order valence-electron chi connectivity index (χ3n) is 14.2. The molecule has 0 saturated carbocycles. The molecule has 0 N–H and O–H groups in total. The highest BCUT2D eigenvalue weighted by Crippen LogP contribution is 2.53. The third-order valence-corrected chi connectivity index (χ3v) is 14.2. The van der Waals surface area contributed by atoms with Gasteiger partial charge in [-0.25, -0.2) is 9.59 Å². The third kappa shape index (κ3) is 5.20. The number of hydrogen-bond donors (Lipinski definition) is 0. The first kappa shape index (κ1) is 35.3. The monoisotopic (exact) mass is 744 g/mol. The molecule has 0 unspecified atom stereocenters. The molecule has 0 amide bonds. The predicted octanol–water partition coefficient (Wildman–Crippen LogP) is 11.2. The maximum Gasteiger partial charge on any atom is 0.344 e. The van der Waals surface area contributed by atoms with Gasteiger partial charge < -0.3 is 18.6 Å². The van der Waals surface area contributed by atoms with Gasteiger partial charge >= 0.3 is 11.3 Å². The molecule has 2 aromatic heterocycles. The zero-order valence-electron chi connectivity index (χ0n) is 34.1. The van der Waals surface area contributed by atoms with E-state index < -0.39 is 0 Å². The van der Waals surface area contributed by atoms with Crippen molar-refractivity contribution >= 4 is 33.3 Å². The van der Waals surface area contributed by atoms with E-state index in [2.05, 4.69) is 102 Å². The molecule has 0 bridgehead atoms. The molecule has 286 valence electrons. The standard InChI is InChI=1S/C50H52N2O4/c1-47(2)17-21-51-23-19-49(5,6)39-41(51)37(47)27-33-25-35(45(53)55-43(33)39)31-13-9-29(10-14-31)30-11-15-32(16-12-30)36-26-34-28-38-42-40(44(34)56-46(36)54)50(7,8)20-24-52(42)22-18-48(38,3)4/h9-16,25-28H,17-24H2,1-8H3. The molecule has 0 aliphatic carbocycles. The molecule has 6 heteroatoms. The van der Waals surface area contributed by atoms with Crippen LogP contribution >= 0.6 is 0 Å². The Hall–Kier alpha value is -5.10. The van der Waals surface area contributed by atoms with Gasteiger partial charge in [-0.1, -0.05) is 104 Å². The fourth-order valence-corrected chi connectivity index (χ4v) is 10.4. The molecule has 10 rings (SSSR count). The molecule has 56 heavy (non-hydrogen) atoms. The van der Waals surface area contributed by atoms with Gasteiger partial charge in [0.25, 0.3) is 0 Å². The minimum absolute atomic E-state index is 0.0416. The molecule has 0 saturated heterocycles. The van der Waals surface area contributed by atoms with Crippen molar-refractivity contribution < 1.29 is 8.83 Å². The lowest BCUT2D eigenvalue weighted by molar-refractivity contribution is 0.398. The van der Waals surface area contributed by atoms with Gasteiger partial charge in [-0.3, -0.25) is 0 Å². The van der Waals surface area contributed by atoms with Crippen LogP contribution in [0.5, 0.6) is 0 Å². The van der Waals surface area contributed by atoms with Crippen molar-refractivity contribution in [1.82, 2.24) is 0 Å². The summed E-state index contributed by atoms with van der Waals surface area (Å²) in [5.74, 6) is 0. The Kier molecular flexibility index (Phi) is 7.39. The molecule has 4 aliphatic heterocycles. The van der Waals surface area contributed by atoms with Gasteiger partial charge in [0.15, 0.2) is 0 Å².